The van der Waals surface area contributed by atoms with Crippen molar-refractivity contribution in [2.24, 2.45) is 0 Å². The van der Waals surface area contributed by atoms with Crippen LogP contribution in [0.3, 0.4) is 0 Å². The smallest absolute Gasteiger partial charge is 0.189 e. The summed E-state index contributed by atoms with van der Waals surface area (Å²) in [4.78, 5) is 12.1. The minimum absolute atomic E-state index is 0.0511. The first-order chi connectivity index (χ1) is 9.49. The zero-order chi connectivity index (χ0) is 14.7. The second-order valence-electron chi connectivity index (χ2n) is 4.00. The first-order valence-corrected chi connectivity index (χ1v) is 7.19. The minimum atomic E-state index is -0.373. The Morgan fingerprint density at radius 3 is 2.60 bits per heavy atom. The predicted octanol–water partition coefficient (Wildman–Crippen LogP) is 5.36. The summed E-state index contributed by atoms with van der Waals surface area (Å²) < 4.78 is 0.873. The summed E-state index contributed by atoms with van der Waals surface area (Å²) in [6.07, 6.45) is 3.02. The van der Waals surface area contributed by atoms with Gasteiger partial charge in [-0.05, 0) is 35.9 Å². The van der Waals surface area contributed by atoms with Crippen LogP contribution >= 0.6 is 39.1 Å². The number of halogens is 3. The second kappa shape index (κ2) is 6.44. The Hall–Kier alpha value is -1.29. The molecule has 2 aromatic carbocycles. The highest BCUT2D eigenvalue weighted by atomic mass is 79.9. The summed E-state index contributed by atoms with van der Waals surface area (Å²) in [5, 5.41) is 10.1. The van der Waals surface area contributed by atoms with Crippen LogP contribution in [0, 0.1) is 0 Å². The third kappa shape index (κ3) is 3.42. The molecule has 0 heterocycles. The van der Waals surface area contributed by atoms with Crippen LogP contribution in [0.15, 0.2) is 46.9 Å². The van der Waals surface area contributed by atoms with E-state index in [9.17, 15) is 9.90 Å². The molecule has 20 heavy (non-hydrogen) atoms. The number of carbonyl (C=O) groups excluding carboxylic acids is 1. The topological polar surface area (TPSA) is 37.3 Å². The van der Waals surface area contributed by atoms with Crippen molar-refractivity contribution in [2.75, 3.05) is 0 Å². The average molecular weight is 372 g/mol. The van der Waals surface area contributed by atoms with E-state index in [1.807, 2.05) is 24.3 Å². The van der Waals surface area contributed by atoms with Crippen LogP contribution in [0.25, 0.3) is 6.08 Å². The number of carbonyl (C=O) groups is 1. The fraction of sp³-hybridized carbons (Fsp3) is 0. The largest absolute Gasteiger partial charge is 0.506 e. The van der Waals surface area contributed by atoms with E-state index < -0.39 is 0 Å². The highest BCUT2D eigenvalue weighted by Gasteiger charge is 2.13. The standard InChI is InChI=1S/C15H9BrCl2O2/c16-12-4-2-1-3-9(12)5-6-14(19)11-7-10(17)8-13(18)15(11)20/h1-8,20H. The van der Waals surface area contributed by atoms with E-state index in [1.165, 1.54) is 18.2 Å². The van der Waals surface area contributed by atoms with Gasteiger partial charge in [0.2, 0.25) is 0 Å². The van der Waals surface area contributed by atoms with Crippen LogP contribution in [-0.4, -0.2) is 10.9 Å². The van der Waals surface area contributed by atoms with Crippen molar-refractivity contribution in [1.29, 1.82) is 0 Å². The Bertz CT molecular complexity index is 696. The summed E-state index contributed by atoms with van der Waals surface area (Å²) in [6, 6.07) is 10.2. The molecule has 0 aliphatic carbocycles. The van der Waals surface area contributed by atoms with Crippen LogP contribution in [0.1, 0.15) is 15.9 Å². The lowest BCUT2D eigenvalue weighted by Crippen LogP contribution is -1.95. The van der Waals surface area contributed by atoms with Gasteiger partial charge in [-0.15, -0.1) is 0 Å². The number of rotatable bonds is 3. The van der Waals surface area contributed by atoms with E-state index in [0.717, 1.165) is 10.0 Å². The Kier molecular flexibility index (Phi) is 4.86. The molecule has 1 N–H and O–H groups in total. The molecule has 0 atom stereocenters. The molecule has 0 fully saturated rings. The number of hydrogen-bond acceptors (Lipinski definition) is 2. The molecule has 2 aromatic rings. The Labute approximate surface area is 134 Å². The molecule has 5 heteroatoms. The van der Waals surface area contributed by atoms with Gasteiger partial charge < -0.3 is 5.11 Å². The lowest BCUT2D eigenvalue weighted by molar-refractivity contribution is 0.104. The van der Waals surface area contributed by atoms with Gasteiger partial charge in [0.25, 0.3) is 0 Å². The first kappa shape index (κ1) is 15.1. The van der Waals surface area contributed by atoms with E-state index >= 15 is 0 Å². The normalized spacial score (nSPS) is 10.9. The number of benzene rings is 2. The van der Waals surface area contributed by atoms with Crippen molar-refractivity contribution >= 4 is 51.0 Å². The summed E-state index contributed by atoms with van der Waals surface area (Å²) in [5.74, 6) is -0.638. The van der Waals surface area contributed by atoms with Crippen molar-refractivity contribution in [3.05, 3.63) is 68.1 Å². The highest BCUT2D eigenvalue weighted by molar-refractivity contribution is 9.10. The van der Waals surface area contributed by atoms with E-state index in [1.54, 1.807) is 6.08 Å². The van der Waals surface area contributed by atoms with Crippen molar-refractivity contribution < 1.29 is 9.90 Å². The SMILES string of the molecule is O=C(C=Cc1ccccc1Br)c1cc(Cl)cc(Cl)c1O. The van der Waals surface area contributed by atoms with Crippen LogP contribution in [-0.2, 0) is 0 Å². The van der Waals surface area contributed by atoms with Gasteiger partial charge in [-0.1, -0.05) is 57.3 Å². The molecule has 0 radical (unpaired) electrons. The molecule has 0 amide bonds. The van der Waals surface area contributed by atoms with E-state index in [-0.39, 0.29) is 22.1 Å². The molecule has 0 aliphatic heterocycles. The third-order valence-electron chi connectivity index (χ3n) is 2.61. The maximum absolute atomic E-state index is 12.1. The molecule has 0 aromatic heterocycles. The Balaban J connectivity index is 2.32. The summed E-state index contributed by atoms with van der Waals surface area (Å²) >= 11 is 15.0. The van der Waals surface area contributed by atoms with Crippen LogP contribution in [0.4, 0.5) is 0 Å². The monoisotopic (exact) mass is 370 g/mol. The highest BCUT2D eigenvalue weighted by Crippen LogP contribution is 2.31. The number of ketones is 1. The average Bonchev–Trinajstić information content (AvgIpc) is 2.41. The molecule has 0 unspecified atom stereocenters. The van der Waals surface area contributed by atoms with Crippen molar-refractivity contribution in [3.63, 3.8) is 0 Å². The summed E-state index contributed by atoms with van der Waals surface area (Å²) in [6.45, 7) is 0. The van der Waals surface area contributed by atoms with Crippen LogP contribution in [0.5, 0.6) is 5.75 Å². The van der Waals surface area contributed by atoms with Gasteiger partial charge in [0, 0.05) is 9.50 Å². The molecule has 0 saturated heterocycles. The number of aromatic hydroxyl groups is 1. The predicted molar refractivity (Wildman–Crippen MR) is 85.6 cm³/mol. The quantitative estimate of drug-likeness (QED) is 0.582. The number of phenolic OH excluding ortho intramolecular Hbond substituents is 1. The molecule has 2 rings (SSSR count). The van der Waals surface area contributed by atoms with Gasteiger partial charge in [-0.3, -0.25) is 4.79 Å². The van der Waals surface area contributed by atoms with Gasteiger partial charge in [0.05, 0.1) is 10.6 Å². The minimum Gasteiger partial charge on any atom is -0.506 e. The van der Waals surface area contributed by atoms with Gasteiger partial charge in [-0.2, -0.15) is 0 Å². The zero-order valence-electron chi connectivity index (χ0n) is 10.1. The fourth-order valence-corrected chi connectivity index (χ4v) is 2.53. The maximum atomic E-state index is 12.1. The summed E-state index contributed by atoms with van der Waals surface area (Å²) in [7, 11) is 0. The lowest BCUT2D eigenvalue weighted by Gasteiger charge is -2.04. The Morgan fingerprint density at radius 2 is 1.90 bits per heavy atom. The lowest BCUT2D eigenvalue weighted by atomic mass is 10.1. The number of phenols is 1. The fourth-order valence-electron chi connectivity index (χ4n) is 1.62. The molecule has 2 nitrogen and oxygen atoms in total. The van der Waals surface area contributed by atoms with Gasteiger partial charge in [0.1, 0.15) is 5.75 Å². The zero-order valence-corrected chi connectivity index (χ0v) is 13.2. The van der Waals surface area contributed by atoms with E-state index in [0.29, 0.717) is 5.02 Å². The first-order valence-electron chi connectivity index (χ1n) is 5.64. The number of allylic oxidation sites excluding steroid dienone is 1. The molecule has 0 saturated carbocycles. The van der Waals surface area contributed by atoms with Crippen molar-refractivity contribution in [3.8, 4) is 5.75 Å². The van der Waals surface area contributed by atoms with Gasteiger partial charge >= 0.3 is 0 Å². The van der Waals surface area contributed by atoms with Crippen molar-refractivity contribution in [1.82, 2.24) is 0 Å². The molecular formula is C15H9BrCl2O2. The van der Waals surface area contributed by atoms with Gasteiger partial charge in [-0.25, -0.2) is 0 Å². The van der Waals surface area contributed by atoms with Gasteiger partial charge in [0.15, 0.2) is 5.78 Å². The molecular weight excluding hydrogens is 363 g/mol. The molecule has 102 valence electrons. The third-order valence-corrected chi connectivity index (χ3v) is 3.84. The second-order valence-corrected chi connectivity index (χ2v) is 5.70. The van der Waals surface area contributed by atoms with E-state index in [4.69, 9.17) is 23.2 Å². The van der Waals surface area contributed by atoms with Crippen LogP contribution < -0.4 is 0 Å². The number of hydrogen-bond donors (Lipinski definition) is 1. The Morgan fingerprint density at radius 1 is 1.20 bits per heavy atom. The molecule has 0 aliphatic rings. The molecule has 0 bridgehead atoms. The molecule has 0 spiro atoms. The van der Waals surface area contributed by atoms with Crippen LogP contribution in [0.2, 0.25) is 10.0 Å². The maximum Gasteiger partial charge on any atom is 0.189 e. The van der Waals surface area contributed by atoms with Crippen molar-refractivity contribution in [2.45, 2.75) is 0 Å². The van der Waals surface area contributed by atoms with E-state index in [2.05, 4.69) is 15.9 Å². The summed E-state index contributed by atoms with van der Waals surface area (Å²) in [5.41, 5.74) is 0.930.